The Bertz CT molecular complexity index is 2170. The van der Waals surface area contributed by atoms with E-state index < -0.39 is 92.6 Å². The highest BCUT2D eigenvalue weighted by atomic mass is 32.2. The molecule has 0 spiro atoms. The van der Waals surface area contributed by atoms with Crippen LogP contribution in [0.2, 0.25) is 0 Å². The lowest BCUT2D eigenvalue weighted by atomic mass is 9.86. The predicted molar refractivity (Wildman–Crippen MR) is 220 cm³/mol. The largest absolute Gasteiger partial charge is 0.497 e. The second kappa shape index (κ2) is 18.2. The summed E-state index contributed by atoms with van der Waals surface area (Å²) < 4.78 is 105. The summed E-state index contributed by atoms with van der Waals surface area (Å²) in [6.07, 6.45) is -4.98. The van der Waals surface area contributed by atoms with E-state index in [9.17, 15) is 40.4 Å². The van der Waals surface area contributed by atoms with Crippen molar-refractivity contribution in [2.75, 3.05) is 34.0 Å². The third-order valence-electron chi connectivity index (χ3n) is 12.9. The average molecular weight is 915 g/mol. The molecule has 21 heteroatoms. The predicted octanol–water partition coefficient (Wildman–Crippen LogP) is 5.23. The molecule has 1 aromatic heterocycles. The zero-order valence-electron chi connectivity index (χ0n) is 36.6. The number of halogens is 4. The van der Waals surface area contributed by atoms with Crippen LogP contribution in [0, 0.1) is 17.8 Å². The highest BCUT2D eigenvalue weighted by molar-refractivity contribution is 7.91. The highest BCUT2D eigenvalue weighted by Crippen LogP contribution is 2.49. The van der Waals surface area contributed by atoms with E-state index in [0.717, 1.165) is 4.90 Å². The average Bonchev–Trinajstić information content (AvgIpc) is 4.11. The summed E-state index contributed by atoms with van der Waals surface area (Å²) in [7, 11) is -1.59. The quantitative estimate of drug-likeness (QED) is 0.234. The molecule has 2 aliphatic carbocycles. The zero-order valence-corrected chi connectivity index (χ0v) is 37.4. The number of alkyl carbamates (subject to hydrolysis) is 1. The molecule has 1 aromatic carbocycles. The molecule has 3 N–H and O–H groups in total. The van der Waals surface area contributed by atoms with E-state index in [2.05, 4.69) is 15.4 Å². The van der Waals surface area contributed by atoms with Gasteiger partial charge in [-0.3, -0.25) is 19.1 Å². The Labute approximate surface area is 364 Å². The van der Waals surface area contributed by atoms with Gasteiger partial charge in [-0.2, -0.15) is 13.2 Å². The van der Waals surface area contributed by atoms with Crippen molar-refractivity contribution in [1.82, 2.24) is 30.2 Å². The van der Waals surface area contributed by atoms with Crippen LogP contribution in [0.5, 0.6) is 11.6 Å². The number of benzene rings is 1. The van der Waals surface area contributed by atoms with Crippen molar-refractivity contribution in [2.45, 2.75) is 139 Å². The molecule has 0 radical (unpaired) electrons. The number of carbonyl (C=O) groups excluding carboxylic acids is 4. The Morgan fingerprint density at radius 1 is 1.05 bits per heavy atom. The van der Waals surface area contributed by atoms with Crippen LogP contribution in [-0.2, 0) is 33.9 Å². The lowest BCUT2D eigenvalue weighted by Crippen LogP contribution is -2.60. The number of alkyl halides is 4. The normalized spacial score (nSPS) is 27.9. The molecule has 2 saturated heterocycles. The van der Waals surface area contributed by atoms with E-state index in [1.165, 1.54) is 14.2 Å². The monoisotopic (exact) mass is 914 g/mol. The second-order valence-electron chi connectivity index (χ2n) is 18.4. The van der Waals surface area contributed by atoms with Crippen LogP contribution in [0.4, 0.5) is 22.4 Å². The molecule has 2 aliphatic heterocycles. The second-order valence-corrected chi connectivity index (χ2v) is 20.5. The molecular formula is C42H58F4N6O10S. The first-order valence-corrected chi connectivity index (χ1v) is 22.8. The number of nitrogens with zero attached hydrogens (tertiary/aromatic N) is 3. The van der Waals surface area contributed by atoms with E-state index in [0.29, 0.717) is 62.0 Å². The van der Waals surface area contributed by atoms with Crippen LogP contribution in [0.25, 0.3) is 11.0 Å². The van der Waals surface area contributed by atoms with E-state index in [1.54, 1.807) is 18.2 Å². The minimum absolute atomic E-state index is 0.0295. The number of amides is 4. The lowest BCUT2D eigenvalue weighted by Gasteiger charge is -2.35. The molecule has 63 heavy (non-hydrogen) atoms. The van der Waals surface area contributed by atoms with Gasteiger partial charge in [0.2, 0.25) is 33.3 Å². The Kier molecular flexibility index (Phi) is 13.8. The molecular weight excluding hydrogens is 857 g/mol. The third-order valence-corrected chi connectivity index (χ3v) is 15.0. The van der Waals surface area contributed by atoms with Gasteiger partial charge in [0, 0.05) is 31.4 Å². The van der Waals surface area contributed by atoms with Crippen molar-refractivity contribution in [3.8, 4) is 11.6 Å². The van der Waals surface area contributed by atoms with E-state index in [4.69, 9.17) is 28.9 Å². The van der Waals surface area contributed by atoms with Gasteiger partial charge in [-0.25, -0.2) is 27.6 Å². The number of hydrogen-bond donors (Lipinski definition) is 3. The molecule has 0 unspecified atom stereocenters. The fraction of sp³-hybridized carbons (Fsp3) is 0.714. The van der Waals surface area contributed by atoms with Gasteiger partial charge >= 0.3 is 12.3 Å². The number of rotatable bonds is 12. The number of hydrogen-bond acceptors (Lipinski definition) is 12. The van der Waals surface area contributed by atoms with Crippen LogP contribution < -0.4 is 24.8 Å². The van der Waals surface area contributed by atoms with Gasteiger partial charge in [-0.15, -0.1) is 0 Å². The molecule has 4 fully saturated rings. The van der Waals surface area contributed by atoms with Crippen molar-refractivity contribution >= 4 is 44.9 Å². The van der Waals surface area contributed by atoms with Crippen molar-refractivity contribution < 1.29 is 64.1 Å². The highest BCUT2D eigenvalue weighted by Gasteiger charge is 2.64. The minimum atomic E-state index is -4.96. The zero-order chi connectivity index (χ0) is 46.3. The number of fused-ring (bicyclic) bond motifs is 3. The fourth-order valence-electron chi connectivity index (χ4n) is 8.60. The minimum Gasteiger partial charge on any atom is -0.497 e. The first-order chi connectivity index (χ1) is 29.5. The number of aromatic nitrogens is 2. The number of nitrogens with one attached hydrogen (secondary N) is 3. The summed E-state index contributed by atoms with van der Waals surface area (Å²) >= 11 is 0. The Morgan fingerprint density at radius 3 is 2.37 bits per heavy atom. The van der Waals surface area contributed by atoms with Gasteiger partial charge in [0.15, 0.2) is 0 Å². The summed E-state index contributed by atoms with van der Waals surface area (Å²) in [6.45, 7) is 5.43. The smallest absolute Gasteiger partial charge is 0.427 e. The van der Waals surface area contributed by atoms with Crippen LogP contribution in [-0.4, -0.2) is 121 Å². The Balaban J connectivity index is 1.40. The molecule has 16 nitrogen and oxygen atoms in total. The van der Waals surface area contributed by atoms with Gasteiger partial charge < -0.3 is 34.5 Å². The van der Waals surface area contributed by atoms with E-state index in [1.807, 2.05) is 20.8 Å². The maximum atomic E-state index is 15.1. The summed E-state index contributed by atoms with van der Waals surface area (Å²) in [4.78, 5) is 67.8. The summed E-state index contributed by atoms with van der Waals surface area (Å²) in [5.74, 6) is -3.73. The maximum Gasteiger partial charge on any atom is 0.427 e. The van der Waals surface area contributed by atoms with Crippen LogP contribution >= 0.6 is 0 Å². The third kappa shape index (κ3) is 10.1. The van der Waals surface area contributed by atoms with Crippen LogP contribution in [0.3, 0.4) is 0 Å². The lowest BCUT2D eigenvalue weighted by molar-refractivity contribution is -0.244. The molecule has 4 amide bonds. The molecule has 7 atom stereocenters. The van der Waals surface area contributed by atoms with Crippen LogP contribution in [0.1, 0.15) is 104 Å². The molecule has 2 saturated carbocycles. The number of methoxy groups -OCH3 is 2. The summed E-state index contributed by atoms with van der Waals surface area (Å²) in [6, 6.07) is 2.14. The fourth-order valence-corrected chi connectivity index (χ4v) is 10.0. The van der Waals surface area contributed by atoms with Crippen molar-refractivity contribution in [1.29, 1.82) is 0 Å². The summed E-state index contributed by atoms with van der Waals surface area (Å²) in [5.41, 5.74) is -3.20. The van der Waals surface area contributed by atoms with Crippen molar-refractivity contribution in [3.63, 3.8) is 0 Å². The number of ether oxygens (including phenoxy) is 4. The molecule has 0 bridgehead atoms. The number of carbonyl (C=O) groups is 4. The van der Waals surface area contributed by atoms with Gasteiger partial charge in [0.1, 0.15) is 46.6 Å². The first kappa shape index (κ1) is 47.9. The van der Waals surface area contributed by atoms with Gasteiger partial charge in [-0.05, 0) is 69.9 Å². The van der Waals surface area contributed by atoms with Gasteiger partial charge in [0.25, 0.3) is 5.91 Å². The molecule has 3 heterocycles. The molecule has 2 aromatic rings. The van der Waals surface area contributed by atoms with Gasteiger partial charge in [0.05, 0.1) is 31.3 Å². The van der Waals surface area contributed by atoms with E-state index in [-0.39, 0.29) is 63.0 Å². The topological polar surface area (TPSA) is 204 Å². The van der Waals surface area contributed by atoms with Crippen molar-refractivity contribution in [3.05, 3.63) is 23.9 Å². The SMILES string of the molecule is COC[C@@H]1C[C@H](C)CCCC[C@H]2C[C@@]2(C(=O)NS(=O)(=O)C2(CF)CC2)NC(=O)[C@@H]2C[C@@H](Oc3nc4cc(OC)ccc4nc3C(C)C)CN2C(=O)[C@H]1NC(=O)OC(C)(C)C(F)(F)F. The van der Waals surface area contributed by atoms with E-state index >= 15 is 4.79 Å². The van der Waals surface area contributed by atoms with Crippen LogP contribution in [0.15, 0.2) is 18.2 Å². The Hall–Kier alpha value is -4.53. The molecule has 350 valence electrons. The maximum absolute atomic E-state index is 15.1. The van der Waals surface area contributed by atoms with Crippen molar-refractivity contribution in [2.24, 2.45) is 17.8 Å². The number of sulfonamides is 1. The first-order valence-electron chi connectivity index (χ1n) is 21.3. The molecule has 6 rings (SSSR count). The molecule has 4 aliphatic rings. The Morgan fingerprint density at radius 2 is 1.75 bits per heavy atom. The standard InChI is InChI=1S/C42H58F4N6O10S/c1-23(2)32-35(48-30-17-27(60-7)12-13-29(30)47-32)61-28-18-31-34(53)50-41(37(55)51-63(57,58)40(22-43)14-15-40)19-26(41)11-9-8-10-24(3)16-25(21-59-6)33(36(54)52(31)20-28)49-38(56)62-39(4,5)42(44,45)46/h12-13,17,23-26,28,31,33H,8-11,14-16,18-22H2,1-7H3,(H,49,56)(H,50,53)(H,51,55)/t24-,25+,26+,28-,31+,33+,41-/m1/s1. The van der Waals surface area contributed by atoms with Gasteiger partial charge in [-0.1, -0.05) is 40.0 Å². The summed E-state index contributed by atoms with van der Waals surface area (Å²) in [5, 5.41) is 5.16.